The van der Waals surface area contributed by atoms with Crippen LogP contribution in [0.2, 0.25) is 0 Å². The molecular formula is C22H23NO5S. The second kappa shape index (κ2) is 7.63. The number of fused-ring (bicyclic) bond motifs is 1. The van der Waals surface area contributed by atoms with E-state index in [1.165, 1.54) is 28.6 Å². The van der Waals surface area contributed by atoms with Crippen molar-refractivity contribution in [3.63, 3.8) is 0 Å². The zero-order valence-corrected chi connectivity index (χ0v) is 17.0. The number of benzene rings is 2. The van der Waals surface area contributed by atoms with Crippen LogP contribution in [0, 0.1) is 0 Å². The molecule has 0 N–H and O–H groups in total. The van der Waals surface area contributed by atoms with E-state index in [-0.39, 0.29) is 22.3 Å². The van der Waals surface area contributed by atoms with Gasteiger partial charge in [-0.3, -0.25) is 9.10 Å². The molecule has 1 saturated carbocycles. The number of Topliss-reactive ketones (excluding diaryl/α,β-unsaturated/α-hetero) is 1. The summed E-state index contributed by atoms with van der Waals surface area (Å²) in [6.07, 6.45) is 2.49. The lowest BCUT2D eigenvalue weighted by Crippen LogP contribution is -2.35. The molecule has 1 heterocycles. The molecule has 6 nitrogen and oxygen atoms in total. The van der Waals surface area contributed by atoms with Crippen molar-refractivity contribution in [1.29, 1.82) is 0 Å². The van der Waals surface area contributed by atoms with Crippen molar-refractivity contribution in [2.24, 2.45) is 0 Å². The molecule has 1 fully saturated rings. The van der Waals surface area contributed by atoms with Gasteiger partial charge in [-0.15, -0.1) is 0 Å². The van der Waals surface area contributed by atoms with Crippen LogP contribution in [0.25, 0.3) is 0 Å². The fourth-order valence-corrected chi connectivity index (χ4v) is 5.81. The first-order chi connectivity index (χ1) is 13.9. The maximum atomic E-state index is 13.3. The van der Waals surface area contributed by atoms with Crippen LogP contribution in [0.4, 0.5) is 5.69 Å². The number of carbonyl (C=O) groups is 2. The summed E-state index contributed by atoms with van der Waals surface area (Å²) in [5.41, 5.74) is 1.78. The molecule has 1 aliphatic carbocycles. The van der Waals surface area contributed by atoms with Gasteiger partial charge in [0.2, 0.25) is 0 Å². The number of nitrogens with zero attached hydrogens (tertiary/aromatic N) is 1. The second-order valence-corrected chi connectivity index (χ2v) is 9.43. The molecule has 0 amide bonds. The Labute approximate surface area is 170 Å². The highest BCUT2D eigenvalue weighted by Gasteiger charge is 2.36. The number of hydrogen-bond donors (Lipinski definition) is 0. The Bertz CT molecular complexity index is 1060. The van der Waals surface area contributed by atoms with Crippen LogP contribution in [-0.2, 0) is 26.0 Å². The fourth-order valence-electron chi connectivity index (χ4n) is 4.07. The number of para-hydroxylation sites is 1. The summed E-state index contributed by atoms with van der Waals surface area (Å²) >= 11 is 0. The lowest BCUT2D eigenvalue weighted by Gasteiger charge is -2.25. The van der Waals surface area contributed by atoms with Crippen molar-refractivity contribution in [3.05, 3.63) is 59.7 Å². The van der Waals surface area contributed by atoms with Gasteiger partial charge in [0.1, 0.15) is 0 Å². The molecule has 2 aliphatic rings. The Hall–Kier alpha value is -2.67. The van der Waals surface area contributed by atoms with Gasteiger partial charge in [-0.1, -0.05) is 24.3 Å². The minimum absolute atomic E-state index is 0.0328. The predicted octanol–water partition coefficient (Wildman–Crippen LogP) is 3.50. The summed E-state index contributed by atoms with van der Waals surface area (Å²) in [7, 11) is -3.84. The number of rotatable bonds is 4. The normalized spacial score (nSPS) is 21.7. The number of hydrogen-bond acceptors (Lipinski definition) is 5. The molecule has 0 bridgehead atoms. The Morgan fingerprint density at radius 3 is 2.69 bits per heavy atom. The molecule has 4 rings (SSSR count). The summed E-state index contributed by atoms with van der Waals surface area (Å²) < 4.78 is 33.5. The summed E-state index contributed by atoms with van der Waals surface area (Å²) in [6.45, 7) is 1.87. The first-order valence-corrected chi connectivity index (χ1v) is 11.3. The summed E-state index contributed by atoms with van der Waals surface area (Å²) in [4.78, 5) is 24.5. The Kier molecular flexibility index (Phi) is 5.17. The van der Waals surface area contributed by atoms with E-state index >= 15 is 0 Å². The number of carbonyl (C=O) groups excluding carboxylic acids is 2. The van der Waals surface area contributed by atoms with Gasteiger partial charge in [0.05, 0.1) is 16.1 Å². The maximum Gasteiger partial charge on any atom is 0.338 e. The SMILES string of the molecule is C[C@H]1Cc2ccccc2N1S(=O)(=O)c1cccc(C(=O)O[C@H]2CCCCC2=O)c1. The molecule has 0 saturated heterocycles. The zero-order valence-electron chi connectivity index (χ0n) is 16.2. The third-order valence-corrected chi connectivity index (χ3v) is 7.44. The topological polar surface area (TPSA) is 80.8 Å². The van der Waals surface area contributed by atoms with E-state index in [2.05, 4.69) is 0 Å². The third kappa shape index (κ3) is 3.67. The lowest BCUT2D eigenvalue weighted by molar-refractivity contribution is -0.129. The van der Waals surface area contributed by atoms with Gasteiger partial charge in [0, 0.05) is 12.5 Å². The monoisotopic (exact) mass is 413 g/mol. The van der Waals surface area contributed by atoms with E-state index in [4.69, 9.17) is 4.74 Å². The van der Waals surface area contributed by atoms with Crippen molar-refractivity contribution >= 4 is 27.5 Å². The molecule has 2 atom stereocenters. The minimum Gasteiger partial charge on any atom is -0.451 e. The summed E-state index contributed by atoms with van der Waals surface area (Å²) in [5, 5.41) is 0. The molecule has 2 aromatic rings. The highest BCUT2D eigenvalue weighted by atomic mass is 32.2. The van der Waals surface area contributed by atoms with E-state index in [0.29, 0.717) is 24.9 Å². The van der Waals surface area contributed by atoms with Gasteiger partial charge in [-0.25, -0.2) is 13.2 Å². The largest absolute Gasteiger partial charge is 0.451 e. The van der Waals surface area contributed by atoms with Crippen LogP contribution in [0.5, 0.6) is 0 Å². The number of sulfonamides is 1. The quantitative estimate of drug-likeness (QED) is 0.717. The Morgan fingerprint density at radius 2 is 1.90 bits per heavy atom. The molecule has 29 heavy (non-hydrogen) atoms. The van der Waals surface area contributed by atoms with Crippen LogP contribution in [0.1, 0.15) is 48.5 Å². The van der Waals surface area contributed by atoms with E-state index in [9.17, 15) is 18.0 Å². The molecule has 7 heteroatoms. The van der Waals surface area contributed by atoms with Gasteiger partial charge < -0.3 is 4.74 Å². The van der Waals surface area contributed by atoms with Gasteiger partial charge in [0.25, 0.3) is 10.0 Å². The number of ether oxygens (including phenoxy) is 1. The van der Waals surface area contributed by atoms with Gasteiger partial charge in [-0.2, -0.15) is 0 Å². The molecule has 0 aromatic heterocycles. The molecule has 152 valence electrons. The van der Waals surface area contributed by atoms with Crippen molar-refractivity contribution in [1.82, 2.24) is 0 Å². The molecule has 0 spiro atoms. The Balaban J connectivity index is 1.61. The average Bonchev–Trinajstić information content (AvgIpc) is 3.06. The molecular weight excluding hydrogens is 390 g/mol. The van der Waals surface area contributed by atoms with Gasteiger partial charge in [0.15, 0.2) is 11.9 Å². The minimum atomic E-state index is -3.84. The predicted molar refractivity (Wildman–Crippen MR) is 108 cm³/mol. The van der Waals surface area contributed by atoms with Crippen molar-refractivity contribution < 1.29 is 22.7 Å². The molecule has 0 unspecified atom stereocenters. The number of anilines is 1. The molecule has 2 aromatic carbocycles. The summed E-state index contributed by atoms with van der Waals surface area (Å²) in [6, 6.07) is 13.1. The maximum absolute atomic E-state index is 13.3. The van der Waals surface area contributed by atoms with E-state index in [1.807, 2.05) is 25.1 Å². The number of esters is 1. The van der Waals surface area contributed by atoms with Crippen molar-refractivity contribution in [3.8, 4) is 0 Å². The van der Waals surface area contributed by atoms with E-state index in [0.717, 1.165) is 18.4 Å². The smallest absolute Gasteiger partial charge is 0.338 e. The van der Waals surface area contributed by atoms with Crippen LogP contribution >= 0.6 is 0 Å². The van der Waals surface area contributed by atoms with Crippen LogP contribution < -0.4 is 4.31 Å². The van der Waals surface area contributed by atoms with E-state index < -0.39 is 22.1 Å². The molecule has 1 aliphatic heterocycles. The van der Waals surface area contributed by atoms with Crippen LogP contribution in [0.3, 0.4) is 0 Å². The van der Waals surface area contributed by atoms with Gasteiger partial charge in [-0.05, 0) is 62.4 Å². The van der Waals surface area contributed by atoms with Gasteiger partial charge >= 0.3 is 5.97 Å². The Morgan fingerprint density at radius 1 is 1.10 bits per heavy atom. The molecule has 0 radical (unpaired) electrons. The van der Waals surface area contributed by atoms with Crippen LogP contribution in [-0.4, -0.2) is 32.3 Å². The average molecular weight is 413 g/mol. The number of ketones is 1. The van der Waals surface area contributed by atoms with Crippen molar-refractivity contribution in [2.75, 3.05) is 4.31 Å². The fraction of sp³-hybridized carbons (Fsp3) is 0.364. The highest BCUT2D eigenvalue weighted by molar-refractivity contribution is 7.92. The van der Waals surface area contributed by atoms with E-state index in [1.54, 1.807) is 6.07 Å². The summed E-state index contributed by atoms with van der Waals surface area (Å²) in [5.74, 6) is -0.743. The standard InChI is InChI=1S/C22H23NO5S/c1-15-13-16-7-2-3-10-19(16)23(15)29(26,27)18-9-6-8-17(14-18)22(25)28-21-12-5-4-11-20(21)24/h2-3,6-10,14-15,21H,4-5,11-13H2,1H3/t15-,21-/m0/s1. The lowest BCUT2D eigenvalue weighted by atomic mass is 9.96. The third-order valence-electron chi connectivity index (χ3n) is 5.52. The zero-order chi connectivity index (χ0) is 20.6. The first kappa shape index (κ1) is 19.6. The van der Waals surface area contributed by atoms with Crippen LogP contribution in [0.15, 0.2) is 53.4 Å². The first-order valence-electron chi connectivity index (χ1n) is 9.84. The second-order valence-electron chi connectivity index (χ2n) is 7.62. The van der Waals surface area contributed by atoms with Crippen molar-refractivity contribution in [2.45, 2.75) is 56.1 Å². The highest BCUT2D eigenvalue weighted by Crippen LogP contribution is 2.36.